The Kier molecular flexibility index (Phi) is 4.87. The van der Waals surface area contributed by atoms with Crippen LogP contribution >= 0.6 is 0 Å². The van der Waals surface area contributed by atoms with Crippen molar-refractivity contribution in [1.29, 1.82) is 0 Å². The molecule has 0 radical (unpaired) electrons. The van der Waals surface area contributed by atoms with E-state index in [-0.39, 0.29) is 0 Å². The number of hydrogen-bond acceptors (Lipinski definition) is 5. The highest BCUT2D eigenvalue weighted by Gasteiger charge is 2.33. The van der Waals surface area contributed by atoms with Gasteiger partial charge in [0.2, 0.25) is 0 Å². The van der Waals surface area contributed by atoms with Crippen LogP contribution in [0, 0.1) is 13.8 Å². The fourth-order valence-corrected chi connectivity index (χ4v) is 4.99. The Bertz CT molecular complexity index is 1300. The fourth-order valence-electron chi connectivity index (χ4n) is 4.99. The summed E-state index contributed by atoms with van der Waals surface area (Å²) in [5, 5.41) is 14.5. The lowest BCUT2D eigenvalue weighted by Gasteiger charge is -2.41. The smallest absolute Gasteiger partial charge is 0.158 e. The Morgan fingerprint density at radius 2 is 1.94 bits per heavy atom. The average molecular weight is 433 g/mol. The minimum atomic E-state index is -0.663. The minimum absolute atomic E-state index is 0.320. The maximum Gasteiger partial charge on any atom is 0.158 e. The lowest BCUT2D eigenvalue weighted by atomic mass is 9.92. The summed E-state index contributed by atoms with van der Waals surface area (Å²) >= 11 is 0. The van der Waals surface area contributed by atoms with E-state index in [1.807, 2.05) is 18.4 Å². The number of β-amino-alcohol motifs (C(OH)–C–C–N with tert-alkyl or cyclic N) is 1. The molecule has 0 atom stereocenters. The molecule has 7 nitrogen and oxygen atoms in total. The first-order valence-electron chi connectivity index (χ1n) is 11.4. The van der Waals surface area contributed by atoms with E-state index in [4.69, 9.17) is 4.98 Å². The van der Waals surface area contributed by atoms with Gasteiger partial charge in [0, 0.05) is 48.6 Å². The Balaban J connectivity index is 1.56. The van der Waals surface area contributed by atoms with E-state index in [2.05, 4.69) is 66.0 Å². The molecule has 1 fully saturated rings. The maximum atomic E-state index is 10.1. The number of pyridine rings is 2. The molecular formula is C25H32N6O. The van der Waals surface area contributed by atoms with E-state index in [1.165, 1.54) is 11.1 Å². The van der Waals surface area contributed by atoms with Gasteiger partial charge in [-0.1, -0.05) is 13.8 Å². The van der Waals surface area contributed by atoms with E-state index in [1.54, 1.807) is 6.33 Å². The molecule has 1 aliphatic heterocycles. The first-order valence-corrected chi connectivity index (χ1v) is 11.4. The van der Waals surface area contributed by atoms with Crippen LogP contribution in [0.5, 0.6) is 0 Å². The second kappa shape index (κ2) is 7.39. The van der Waals surface area contributed by atoms with Crippen LogP contribution in [0.2, 0.25) is 0 Å². The third-order valence-electron chi connectivity index (χ3n) is 6.66. The molecule has 0 bridgehead atoms. The van der Waals surface area contributed by atoms with Crippen molar-refractivity contribution in [3.8, 4) is 11.3 Å². The van der Waals surface area contributed by atoms with E-state index < -0.39 is 5.60 Å². The van der Waals surface area contributed by atoms with Gasteiger partial charge < -0.3 is 10.1 Å². The third kappa shape index (κ3) is 3.49. The number of nitrogens with one attached hydrogen (secondary N) is 1. The highest BCUT2D eigenvalue weighted by Crippen LogP contribution is 2.38. The number of H-pyrrole nitrogens is 1. The van der Waals surface area contributed by atoms with Crippen molar-refractivity contribution < 1.29 is 5.11 Å². The third-order valence-corrected chi connectivity index (χ3v) is 6.66. The topological polar surface area (TPSA) is 82.3 Å². The fraction of sp³-hybridized carbons (Fsp3) is 0.480. The van der Waals surface area contributed by atoms with Gasteiger partial charge in [0.05, 0.1) is 22.3 Å². The van der Waals surface area contributed by atoms with Crippen LogP contribution in [0.25, 0.3) is 27.9 Å². The van der Waals surface area contributed by atoms with Crippen molar-refractivity contribution in [3.05, 3.63) is 47.0 Å². The highest BCUT2D eigenvalue weighted by atomic mass is 16.3. The second-order valence-corrected chi connectivity index (χ2v) is 10.2. The van der Waals surface area contributed by atoms with E-state index in [9.17, 15) is 5.11 Å². The molecule has 32 heavy (non-hydrogen) atoms. The lowest BCUT2D eigenvalue weighted by Crippen LogP contribution is -2.50. The van der Waals surface area contributed by atoms with Gasteiger partial charge in [0.15, 0.2) is 5.65 Å². The summed E-state index contributed by atoms with van der Waals surface area (Å²) in [6.07, 6.45) is 3.68. The minimum Gasteiger partial charge on any atom is -0.389 e. The molecule has 0 unspecified atom stereocenters. The Labute approximate surface area is 188 Å². The number of aryl methyl sites for hydroxylation is 1. The van der Waals surface area contributed by atoms with Crippen molar-refractivity contribution in [2.75, 3.05) is 19.6 Å². The molecule has 5 rings (SSSR count). The van der Waals surface area contributed by atoms with Crippen LogP contribution in [0.1, 0.15) is 61.9 Å². The molecule has 0 aromatic carbocycles. The molecule has 0 saturated carbocycles. The summed E-state index contributed by atoms with van der Waals surface area (Å²) in [4.78, 5) is 15.5. The number of rotatable bonds is 5. The zero-order chi connectivity index (χ0) is 22.8. The van der Waals surface area contributed by atoms with Gasteiger partial charge in [0.1, 0.15) is 6.33 Å². The summed E-state index contributed by atoms with van der Waals surface area (Å²) in [7, 11) is 0. The molecular weight excluding hydrogens is 400 g/mol. The molecule has 1 saturated heterocycles. The van der Waals surface area contributed by atoms with Crippen LogP contribution in [-0.4, -0.2) is 59.8 Å². The molecule has 4 aromatic rings. The average Bonchev–Trinajstić information content (AvgIpc) is 3.30. The molecule has 7 heteroatoms. The number of aliphatic hydroxyl groups is 1. The number of fused-ring (bicyclic) bond motifs is 2. The van der Waals surface area contributed by atoms with Crippen molar-refractivity contribution in [3.63, 3.8) is 0 Å². The molecule has 4 aromatic heterocycles. The predicted molar refractivity (Wildman–Crippen MR) is 127 cm³/mol. The van der Waals surface area contributed by atoms with Gasteiger partial charge in [-0.25, -0.2) is 9.50 Å². The van der Waals surface area contributed by atoms with Crippen LogP contribution in [-0.2, 0) is 0 Å². The van der Waals surface area contributed by atoms with Crippen LogP contribution in [0.15, 0.2) is 24.7 Å². The Morgan fingerprint density at radius 3 is 2.62 bits per heavy atom. The summed E-state index contributed by atoms with van der Waals surface area (Å²) in [5.41, 5.74) is 9.36. The maximum absolute atomic E-state index is 10.1. The second-order valence-electron chi connectivity index (χ2n) is 10.2. The van der Waals surface area contributed by atoms with Crippen molar-refractivity contribution in [1.82, 2.24) is 29.5 Å². The van der Waals surface area contributed by atoms with Crippen molar-refractivity contribution in [2.24, 2.45) is 0 Å². The molecule has 0 spiro atoms. The molecule has 0 aliphatic carbocycles. The molecule has 2 N–H and O–H groups in total. The van der Waals surface area contributed by atoms with Gasteiger partial charge in [0.25, 0.3) is 0 Å². The van der Waals surface area contributed by atoms with Gasteiger partial charge >= 0.3 is 0 Å². The van der Waals surface area contributed by atoms with Gasteiger partial charge in [-0.3, -0.25) is 9.88 Å². The molecule has 1 aliphatic rings. The molecule has 0 amide bonds. The number of aromatic amines is 1. The van der Waals surface area contributed by atoms with E-state index >= 15 is 0 Å². The van der Waals surface area contributed by atoms with Gasteiger partial charge in [-0.15, -0.1) is 0 Å². The number of aromatic nitrogens is 5. The van der Waals surface area contributed by atoms with E-state index in [0.29, 0.717) is 18.4 Å². The zero-order valence-electron chi connectivity index (χ0n) is 19.8. The standard InChI is InChI=1S/C25H32N6O/c1-14(2)21-22(18-11-31-24(26-13-27-31)16(4)15(18)3)29-20-8-7-19(28-23(20)21)17-9-30(10-17)12-25(5,6)32/h7-8,11,13-14,17,29,32H,9-10,12H2,1-6H3. The van der Waals surface area contributed by atoms with Crippen molar-refractivity contribution in [2.45, 2.75) is 59.0 Å². The SMILES string of the molecule is Cc1c(-c2[nH]c3ccc(C4CN(CC(C)(C)O)C4)nc3c2C(C)C)cn2ncnc2c1C. The van der Waals surface area contributed by atoms with Crippen molar-refractivity contribution >= 4 is 16.7 Å². The number of nitrogens with zero attached hydrogens (tertiary/aromatic N) is 5. The molecule has 5 heterocycles. The quantitative estimate of drug-likeness (QED) is 0.494. The summed E-state index contributed by atoms with van der Waals surface area (Å²) in [6, 6.07) is 4.32. The normalized spacial score (nSPS) is 15.9. The Hall–Kier alpha value is -2.77. The predicted octanol–water partition coefficient (Wildman–Crippen LogP) is 4.18. The number of hydrogen-bond donors (Lipinski definition) is 2. The zero-order valence-corrected chi connectivity index (χ0v) is 19.8. The van der Waals surface area contributed by atoms with E-state index in [0.717, 1.165) is 52.3 Å². The van der Waals surface area contributed by atoms with Crippen LogP contribution in [0.3, 0.4) is 0 Å². The highest BCUT2D eigenvalue weighted by molar-refractivity contribution is 5.89. The van der Waals surface area contributed by atoms with Crippen LogP contribution in [0.4, 0.5) is 0 Å². The summed E-state index contributed by atoms with van der Waals surface area (Å²) in [6.45, 7) is 15.0. The number of likely N-dealkylation sites (tertiary alicyclic amines) is 1. The lowest BCUT2D eigenvalue weighted by molar-refractivity contribution is 0.00683. The summed E-state index contributed by atoms with van der Waals surface area (Å²) < 4.78 is 1.86. The van der Waals surface area contributed by atoms with Crippen LogP contribution < -0.4 is 0 Å². The van der Waals surface area contributed by atoms with Gasteiger partial charge in [-0.2, -0.15) is 5.10 Å². The summed E-state index contributed by atoms with van der Waals surface area (Å²) in [5.74, 6) is 0.733. The molecule has 168 valence electrons. The first kappa shape index (κ1) is 21.1. The van der Waals surface area contributed by atoms with Gasteiger partial charge in [-0.05, 0) is 56.9 Å². The largest absolute Gasteiger partial charge is 0.389 e. The Morgan fingerprint density at radius 1 is 1.19 bits per heavy atom. The first-order chi connectivity index (χ1) is 15.1. The monoisotopic (exact) mass is 432 g/mol.